The summed E-state index contributed by atoms with van der Waals surface area (Å²) in [7, 11) is 0. The van der Waals surface area contributed by atoms with Crippen LogP contribution in [-0.4, -0.2) is 6.61 Å². The Morgan fingerprint density at radius 3 is 2.86 bits per heavy atom. The Morgan fingerprint density at radius 1 is 1.07 bits per heavy atom. The van der Waals surface area contributed by atoms with Crippen molar-refractivity contribution in [2.24, 2.45) is 0 Å². The van der Waals surface area contributed by atoms with Crippen molar-refractivity contribution >= 4 is 0 Å². The first-order valence-electron chi connectivity index (χ1n) is 5.67. The average Bonchev–Trinajstić information content (AvgIpc) is 2.88. The molecular formula is C13H16O. The van der Waals surface area contributed by atoms with E-state index in [1.54, 1.807) is 11.1 Å². The summed E-state index contributed by atoms with van der Waals surface area (Å²) in [5.41, 5.74) is 4.54. The number of benzene rings is 1. The van der Waals surface area contributed by atoms with Gasteiger partial charge in [0.2, 0.25) is 0 Å². The minimum atomic E-state index is 0.390. The molecule has 0 aromatic heterocycles. The van der Waals surface area contributed by atoms with Crippen LogP contribution in [0.5, 0.6) is 0 Å². The van der Waals surface area contributed by atoms with E-state index in [0.717, 1.165) is 6.61 Å². The SMILES string of the molecule is c1cc2c(cc1C1CCCO1)CCC2. The number of hydrogen-bond donors (Lipinski definition) is 0. The lowest BCUT2D eigenvalue weighted by atomic mass is 10.0. The fourth-order valence-electron chi connectivity index (χ4n) is 2.63. The Kier molecular flexibility index (Phi) is 2.06. The summed E-state index contributed by atoms with van der Waals surface area (Å²) in [6.07, 6.45) is 6.71. The zero-order chi connectivity index (χ0) is 9.38. The van der Waals surface area contributed by atoms with Gasteiger partial charge in [-0.05, 0) is 48.8 Å². The number of fused-ring (bicyclic) bond motifs is 1. The number of aryl methyl sites for hydroxylation is 2. The van der Waals surface area contributed by atoms with Gasteiger partial charge in [0.25, 0.3) is 0 Å². The first-order chi connectivity index (χ1) is 6.93. The smallest absolute Gasteiger partial charge is 0.0825 e. The van der Waals surface area contributed by atoms with E-state index in [1.807, 2.05) is 0 Å². The van der Waals surface area contributed by atoms with Crippen LogP contribution in [0.2, 0.25) is 0 Å². The molecule has 1 fully saturated rings. The molecule has 1 aliphatic carbocycles. The van der Waals surface area contributed by atoms with Gasteiger partial charge >= 0.3 is 0 Å². The fourth-order valence-corrected chi connectivity index (χ4v) is 2.63. The van der Waals surface area contributed by atoms with E-state index in [4.69, 9.17) is 4.74 Å². The number of rotatable bonds is 1. The third kappa shape index (κ3) is 1.36. The first-order valence-corrected chi connectivity index (χ1v) is 5.67. The van der Waals surface area contributed by atoms with Crippen molar-refractivity contribution in [3.63, 3.8) is 0 Å². The lowest BCUT2D eigenvalue weighted by Crippen LogP contribution is -1.96. The summed E-state index contributed by atoms with van der Waals surface area (Å²) in [5, 5.41) is 0. The molecule has 2 aliphatic rings. The van der Waals surface area contributed by atoms with E-state index in [9.17, 15) is 0 Å². The second-order valence-corrected chi connectivity index (χ2v) is 4.38. The molecule has 0 spiro atoms. The van der Waals surface area contributed by atoms with Crippen molar-refractivity contribution in [2.45, 2.75) is 38.2 Å². The Balaban J connectivity index is 1.91. The molecule has 1 atom stereocenters. The molecule has 14 heavy (non-hydrogen) atoms. The minimum absolute atomic E-state index is 0.390. The second kappa shape index (κ2) is 3.39. The third-order valence-electron chi connectivity index (χ3n) is 3.42. The fraction of sp³-hybridized carbons (Fsp3) is 0.538. The topological polar surface area (TPSA) is 9.23 Å². The highest BCUT2D eigenvalue weighted by atomic mass is 16.5. The van der Waals surface area contributed by atoms with E-state index < -0.39 is 0 Å². The van der Waals surface area contributed by atoms with Gasteiger partial charge < -0.3 is 4.74 Å². The lowest BCUT2D eigenvalue weighted by molar-refractivity contribution is 0.112. The molecule has 0 amide bonds. The lowest BCUT2D eigenvalue weighted by Gasteiger charge is -2.11. The number of hydrogen-bond acceptors (Lipinski definition) is 1. The summed E-state index contributed by atoms with van der Waals surface area (Å²) in [6.45, 7) is 0.946. The van der Waals surface area contributed by atoms with Gasteiger partial charge in [0.1, 0.15) is 0 Å². The summed E-state index contributed by atoms with van der Waals surface area (Å²) < 4.78 is 5.70. The van der Waals surface area contributed by atoms with Gasteiger partial charge in [0.15, 0.2) is 0 Å². The minimum Gasteiger partial charge on any atom is -0.374 e. The quantitative estimate of drug-likeness (QED) is 0.658. The molecule has 0 radical (unpaired) electrons. The normalized spacial score (nSPS) is 25.3. The molecule has 1 unspecified atom stereocenters. The first kappa shape index (κ1) is 8.49. The molecule has 0 N–H and O–H groups in total. The summed E-state index contributed by atoms with van der Waals surface area (Å²) in [5.74, 6) is 0. The van der Waals surface area contributed by atoms with Crippen molar-refractivity contribution < 1.29 is 4.74 Å². The van der Waals surface area contributed by atoms with Crippen LogP contribution in [-0.2, 0) is 17.6 Å². The molecule has 1 heteroatoms. The molecule has 1 heterocycles. The highest BCUT2D eigenvalue weighted by Gasteiger charge is 2.19. The highest BCUT2D eigenvalue weighted by Crippen LogP contribution is 2.31. The van der Waals surface area contributed by atoms with Gasteiger partial charge in [-0.3, -0.25) is 0 Å². The van der Waals surface area contributed by atoms with Gasteiger partial charge in [-0.1, -0.05) is 18.2 Å². The molecule has 0 bridgehead atoms. The molecule has 1 aromatic rings. The van der Waals surface area contributed by atoms with Crippen LogP contribution in [0, 0.1) is 0 Å². The summed E-state index contributed by atoms with van der Waals surface area (Å²) in [6, 6.07) is 6.94. The zero-order valence-electron chi connectivity index (χ0n) is 8.46. The molecule has 1 aliphatic heterocycles. The van der Waals surface area contributed by atoms with Gasteiger partial charge in [-0.15, -0.1) is 0 Å². The van der Waals surface area contributed by atoms with Crippen molar-refractivity contribution in [3.8, 4) is 0 Å². The molecule has 74 valence electrons. The van der Waals surface area contributed by atoms with E-state index in [0.29, 0.717) is 6.10 Å². The van der Waals surface area contributed by atoms with Crippen LogP contribution in [0.3, 0.4) is 0 Å². The maximum atomic E-state index is 5.70. The largest absolute Gasteiger partial charge is 0.374 e. The van der Waals surface area contributed by atoms with Crippen LogP contribution < -0.4 is 0 Å². The summed E-state index contributed by atoms with van der Waals surface area (Å²) >= 11 is 0. The van der Waals surface area contributed by atoms with Crippen LogP contribution in [0.25, 0.3) is 0 Å². The van der Waals surface area contributed by atoms with Gasteiger partial charge in [-0.25, -0.2) is 0 Å². The maximum Gasteiger partial charge on any atom is 0.0825 e. The van der Waals surface area contributed by atoms with E-state index in [1.165, 1.54) is 37.7 Å². The number of ether oxygens (including phenoxy) is 1. The van der Waals surface area contributed by atoms with Gasteiger partial charge in [-0.2, -0.15) is 0 Å². The summed E-state index contributed by atoms with van der Waals surface area (Å²) in [4.78, 5) is 0. The van der Waals surface area contributed by atoms with Crippen LogP contribution >= 0.6 is 0 Å². The molecule has 3 rings (SSSR count). The van der Waals surface area contributed by atoms with Crippen molar-refractivity contribution in [3.05, 3.63) is 34.9 Å². The molecule has 1 nitrogen and oxygen atoms in total. The molecule has 1 aromatic carbocycles. The third-order valence-corrected chi connectivity index (χ3v) is 3.42. The van der Waals surface area contributed by atoms with Crippen molar-refractivity contribution in [2.75, 3.05) is 6.61 Å². The Hall–Kier alpha value is -0.820. The Labute approximate surface area is 85.1 Å². The van der Waals surface area contributed by atoms with Crippen molar-refractivity contribution in [1.82, 2.24) is 0 Å². The van der Waals surface area contributed by atoms with Crippen LogP contribution in [0.1, 0.15) is 42.1 Å². The van der Waals surface area contributed by atoms with Crippen LogP contribution in [0.15, 0.2) is 18.2 Å². The van der Waals surface area contributed by atoms with Gasteiger partial charge in [0.05, 0.1) is 6.10 Å². The second-order valence-electron chi connectivity index (χ2n) is 4.38. The molecular weight excluding hydrogens is 172 g/mol. The zero-order valence-corrected chi connectivity index (χ0v) is 8.46. The van der Waals surface area contributed by atoms with E-state index in [2.05, 4.69) is 18.2 Å². The Bertz CT molecular complexity index is 337. The van der Waals surface area contributed by atoms with Crippen LogP contribution in [0.4, 0.5) is 0 Å². The predicted octanol–water partition coefficient (Wildman–Crippen LogP) is 3.03. The van der Waals surface area contributed by atoms with E-state index in [-0.39, 0.29) is 0 Å². The monoisotopic (exact) mass is 188 g/mol. The van der Waals surface area contributed by atoms with Gasteiger partial charge in [0, 0.05) is 6.61 Å². The maximum absolute atomic E-state index is 5.70. The average molecular weight is 188 g/mol. The Morgan fingerprint density at radius 2 is 2.00 bits per heavy atom. The highest BCUT2D eigenvalue weighted by molar-refractivity contribution is 5.36. The van der Waals surface area contributed by atoms with Crippen molar-refractivity contribution in [1.29, 1.82) is 0 Å². The van der Waals surface area contributed by atoms with E-state index >= 15 is 0 Å². The predicted molar refractivity (Wildman–Crippen MR) is 56.4 cm³/mol. The standard InChI is InChI=1S/C13H16O/c1-3-10-6-7-12(9-11(10)4-1)13-5-2-8-14-13/h6-7,9,13H,1-5,8H2. The molecule has 0 saturated carbocycles. The molecule has 1 saturated heterocycles.